The zero-order valence-corrected chi connectivity index (χ0v) is 12.4. The molecule has 0 unspecified atom stereocenters. The van der Waals surface area contributed by atoms with Crippen LogP contribution >= 0.6 is 11.6 Å². The largest absolute Gasteiger partial charge is 0.351 e. The zero-order chi connectivity index (χ0) is 14.8. The van der Waals surface area contributed by atoms with E-state index in [9.17, 15) is 13.2 Å². The van der Waals surface area contributed by atoms with Gasteiger partial charge in [0, 0.05) is 17.1 Å². The molecule has 0 aliphatic heterocycles. The van der Waals surface area contributed by atoms with Crippen LogP contribution in [0.15, 0.2) is 18.2 Å². The van der Waals surface area contributed by atoms with Gasteiger partial charge in [-0.3, -0.25) is 9.35 Å². The van der Waals surface area contributed by atoms with E-state index < -0.39 is 21.8 Å². The summed E-state index contributed by atoms with van der Waals surface area (Å²) in [5, 5.41) is 2.97. The van der Waals surface area contributed by atoms with E-state index in [-0.39, 0.29) is 6.54 Å². The van der Waals surface area contributed by atoms with Gasteiger partial charge in [0.25, 0.3) is 16.0 Å². The Kier molecular flexibility index (Phi) is 4.67. The lowest BCUT2D eigenvalue weighted by atomic mass is 10.1. The first-order chi connectivity index (χ1) is 9.35. The quantitative estimate of drug-likeness (QED) is 0.785. The third-order valence-electron chi connectivity index (χ3n) is 3.17. The lowest BCUT2D eigenvalue weighted by Gasteiger charge is -2.07. The van der Waals surface area contributed by atoms with E-state index in [0.717, 1.165) is 12.0 Å². The topological polar surface area (TPSA) is 83.5 Å². The summed E-state index contributed by atoms with van der Waals surface area (Å²) in [6, 6.07) is 5.09. The highest BCUT2D eigenvalue weighted by atomic mass is 35.5. The Balaban J connectivity index is 1.94. The van der Waals surface area contributed by atoms with E-state index in [1.165, 1.54) is 12.8 Å². The molecule has 0 spiro atoms. The second-order valence-corrected chi connectivity index (χ2v) is 6.97. The van der Waals surface area contributed by atoms with Gasteiger partial charge >= 0.3 is 0 Å². The van der Waals surface area contributed by atoms with Crippen LogP contribution in [0.3, 0.4) is 0 Å². The average molecular weight is 318 g/mol. The zero-order valence-electron chi connectivity index (χ0n) is 10.8. The molecule has 5 nitrogen and oxygen atoms in total. The van der Waals surface area contributed by atoms with Crippen molar-refractivity contribution in [2.24, 2.45) is 5.92 Å². The summed E-state index contributed by atoms with van der Waals surface area (Å²) in [7, 11) is -4.06. The Morgan fingerprint density at radius 2 is 2.10 bits per heavy atom. The van der Waals surface area contributed by atoms with E-state index >= 15 is 0 Å². The van der Waals surface area contributed by atoms with Crippen molar-refractivity contribution in [2.45, 2.75) is 19.3 Å². The van der Waals surface area contributed by atoms with Crippen molar-refractivity contribution in [1.82, 2.24) is 5.32 Å². The number of benzene rings is 1. The fraction of sp³-hybridized carbons (Fsp3) is 0.462. The maximum atomic E-state index is 11.8. The molecule has 0 atom stereocenters. The van der Waals surface area contributed by atoms with Crippen LogP contribution in [0, 0.1) is 5.92 Å². The molecule has 0 saturated heterocycles. The van der Waals surface area contributed by atoms with Gasteiger partial charge in [-0.2, -0.15) is 8.42 Å². The van der Waals surface area contributed by atoms with E-state index in [0.29, 0.717) is 16.5 Å². The van der Waals surface area contributed by atoms with Gasteiger partial charge in [0.05, 0.1) is 5.75 Å². The Bertz CT molecular complexity index is 611. The normalized spacial score (nSPS) is 15.1. The van der Waals surface area contributed by atoms with Gasteiger partial charge in [0.15, 0.2) is 0 Å². The monoisotopic (exact) mass is 317 g/mol. The Labute approximate surface area is 123 Å². The molecule has 110 valence electrons. The number of amides is 1. The first-order valence-corrected chi connectivity index (χ1v) is 8.35. The predicted octanol–water partition coefficient (Wildman–Crippen LogP) is 1.91. The van der Waals surface area contributed by atoms with Crippen LogP contribution in [0.5, 0.6) is 0 Å². The summed E-state index contributed by atoms with van der Waals surface area (Å²) in [6.45, 7) is -0.140. The van der Waals surface area contributed by atoms with Gasteiger partial charge < -0.3 is 5.32 Å². The summed E-state index contributed by atoms with van der Waals surface area (Å²) >= 11 is 6.14. The molecule has 20 heavy (non-hydrogen) atoms. The second-order valence-electron chi connectivity index (χ2n) is 5.00. The second kappa shape index (κ2) is 6.11. The van der Waals surface area contributed by atoms with Crippen molar-refractivity contribution in [3.05, 3.63) is 34.3 Å². The van der Waals surface area contributed by atoms with E-state index in [1.807, 2.05) is 6.07 Å². The van der Waals surface area contributed by atoms with E-state index in [1.54, 1.807) is 12.1 Å². The molecular formula is C13H16ClNO4S. The fourth-order valence-corrected chi connectivity index (χ4v) is 2.50. The molecule has 0 radical (unpaired) electrons. The first-order valence-electron chi connectivity index (χ1n) is 6.37. The fourth-order valence-electron chi connectivity index (χ4n) is 1.88. The van der Waals surface area contributed by atoms with Crippen LogP contribution in [0.2, 0.25) is 5.02 Å². The smallest absolute Gasteiger partial charge is 0.266 e. The van der Waals surface area contributed by atoms with Gasteiger partial charge in [0.1, 0.15) is 0 Å². The molecule has 7 heteroatoms. The SMILES string of the molecule is O=C(NCCS(=O)(=O)O)c1ccc(CC2CC2)c(Cl)c1. The molecule has 0 aromatic heterocycles. The molecule has 2 rings (SSSR count). The molecule has 1 aliphatic rings. The minimum atomic E-state index is -4.06. The number of carbonyl (C=O) groups is 1. The maximum Gasteiger partial charge on any atom is 0.266 e. The summed E-state index contributed by atoms with van der Waals surface area (Å²) in [6.07, 6.45) is 3.39. The van der Waals surface area contributed by atoms with Gasteiger partial charge in [0.2, 0.25) is 0 Å². The number of halogens is 1. The first kappa shape index (κ1) is 15.3. The van der Waals surface area contributed by atoms with Crippen LogP contribution < -0.4 is 5.32 Å². The van der Waals surface area contributed by atoms with Gasteiger partial charge in [-0.05, 0) is 42.9 Å². The van der Waals surface area contributed by atoms with Crippen molar-refractivity contribution in [1.29, 1.82) is 0 Å². The third-order valence-corrected chi connectivity index (χ3v) is 4.24. The highest BCUT2D eigenvalue weighted by molar-refractivity contribution is 7.85. The number of nitrogens with one attached hydrogen (secondary N) is 1. The Hall–Kier alpha value is -1.11. The molecule has 2 N–H and O–H groups in total. The van der Waals surface area contributed by atoms with Gasteiger partial charge in [-0.25, -0.2) is 0 Å². The van der Waals surface area contributed by atoms with Crippen molar-refractivity contribution in [3.8, 4) is 0 Å². The molecule has 1 aromatic carbocycles. The average Bonchev–Trinajstić information content (AvgIpc) is 3.14. The van der Waals surface area contributed by atoms with Crippen LogP contribution in [0.1, 0.15) is 28.8 Å². The lowest BCUT2D eigenvalue weighted by Crippen LogP contribution is -2.28. The number of hydrogen-bond donors (Lipinski definition) is 2. The molecule has 1 aliphatic carbocycles. The summed E-state index contributed by atoms with van der Waals surface area (Å²) in [4.78, 5) is 11.8. The lowest BCUT2D eigenvalue weighted by molar-refractivity contribution is 0.0956. The Morgan fingerprint density at radius 3 is 2.65 bits per heavy atom. The van der Waals surface area contributed by atoms with Crippen molar-refractivity contribution in [3.63, 3.8) is 0 Å². The predicted molar refractivity (Wildman–Crippen MR) is 76.6 cm³/mol. The van der Waals surface area contributed by atoms with Crippen LogP contribution in [-0.4, -0.2) is 31.2 Å². The van der Waals surface area contributed by atoms with Crippen LogP contribution in [0.4, 0.5) is 0 Å². The molecule has 1 aromatic rings. The summed E-state index contributed by atoms with van der Waals surface area (Å²) in [5.74, 6) is -0.206. The minimum absolute atomic E-state index is 0.140. The highest BCUT2D eigenvalue weighted by Gasteiger charge is 2.22. The van der Waals surface area contributed by atoms with Crippen molar-refractivity contribution >= 4 is 27.6 Å². The maximum absolute atomic E-state index is 11.8. The molecule has 1 amide bonds. The standard InChI is InChI=1S/C13H16ClNO4S/c14-12-8-11(4-3-10(12)7-9-1-2-9)13(16)15-5-6-20(17,18)19/h3-4,8-9H,1-2,5-7H2,(H,15,16)(H,17,18,19). The van der Waals surface area contributed by atoms with Crippen molar-refractivity contribution in [2.75, 3.05) is 12.3 Å². The minimum Gasteiger partial charge on any atom is -0.351 e. The van der Waals surface area contributed by atoms with E-state index in [4.69, 9.17) is 16.2 Å². The molecule has 1 saturated carbocycles. The number of rotatable bonds is 6. The number of carbonyl (C=O) groups excluding carboxylic acids is 1. The summed E-state index contributed by atoms with van der Waals surface area (Å²) < 4.78 is 29.7. The molecule has 0 bridgehead atoms. The van der Waals surface area contributed by atoms with Crippen LogP contribution in [-0.2, 0) is 16.5 Å². The molecule has 1 fully saturated rings. The molecule has 0 heterocycles. The van der Waals surface area contributed by atoms with Crippen molar-refractivity contribution < 1.29 is 17.8 Å². The Morgan fingerprint density at radius 1 is 1.40 bits per heavy atom. The molecular weight excluding hydrogens is 302 g/mol. The highest BCUT2D eigenvalue weighted by Crippen LogP contribution is 2.34. The van der Waals surface area contributed by atoms with E-state index in [2.05, 4.69) is 5.32 Å². The number of hydrogen-bond acceptors (Lipinski definition) is 3. The van der Waals surface area contributed by atoms with Crippen LogP contribution in [0.25, 0.3) is 0 Å². The third kappa shape index (κ3) is 4.77. The summed E-state index contributed by atoms with van der Waals surface area (Å²) in [5.41, 5.74) is 1.41. The van der Waals surface area contributed by atoms with Gasteiger partial charge in [-0.15, -0.1) is 0 Å². The van der Waals surface area contributed by atoms with Gasteiger partial charge in [-0.1, -0.05) is 17.7 Å².